The Labute approximate surface area is 126 Å². The molecule has 0 radical (unpaired) electrons. The number of carbonyl (C=O) groups excluding carboxylic acids is 1. The summed E-state index contributed by atoms with van der Waals surface area (Å²) in [5.41, 5.74) is 0. The Bertz CT molecular complexity index is 464. The van der Waals surface area contributed by atoms with Crippen LogP contribution in [0.4, 0.5) is 0 Å². The highest BCUT2D eigenvalue weighted by Gasteiger charge is 2.29. The lowest BCUT2D eigenvalue weighted by Crippen LogP contribution is -2.30. The molecule has 0 N–H and O–H groups in total. The third-order valence-electron chi connectivity index (χ3n) is 3.99. The van der Waals surface area contributed by atoms with Gasteiger partial charge in [0.05, 0.1) is 6.10 Å². The number of aromatic nitrogens is 2. The van der Waals surface area contributed by atoms with E-state index < -0.39 is 6.10 Å². The first-order valence-electron chi connectivity index (χ1n) is 7.82. The van der Waals surface area contributed by atoms with Gasteiger partial charge in [0.15, 0.2) is 12.2 Å². The molecule has 1 heterocycles. The molecule has 5 nitrogen and oxygen atoms in total. The summed E-state index contributed by atoms with van der Waals surface area (Å²) >= 11 is 0. The number of imidazole rings is 1. The third-order valence-corrected chi connectivity index (χ3v) is 3.99. The van der Waals surface area contributed by atoms with Crippen LogP contribution in [0.3, 0.4) is 0 Å². The van der Waals surface area contributed by atoms with Crippen molar-refractivity contribution in [2.45, 2.75) is 64.8 Å². The van der Waals surface area contributed by atoms with Gasteiger partial charge in [-0.15, -0.1) is 0 Å². The maximum atomic E-state index is 12.3. The molecule has 1 aliphatic carbocycles. The van der Waals surface area contributed by atoms with Crippen molar-refractivity contribution < 1.29 is 14.3 Å². The van der Waals surface area contributed by atoms with E-state index in [9.17, 15) is 4.79 Å². The molecule has 0 spiro atoms. The summed E-state index contributed by atoms with van der Waals surface area (Å²) in [7, 11) is 1.91. The zero-order chi connectivity index (χ0) is 15.4. The molecule has 0 amide bonds. The largest absolute Gasteiger partial charge is 0.452 e. The van der Waals surface area contributed by atoms with Crippen LogP contribution in [0.15, 0.2) is 12.4 Å². The second-order valence-corrected chi connectivity index (χ2v) is 6.18. The number of aryl methyl sites for hydroxylation is 1. The number of rotatable bonds is 6. The second kappa shape index (κ2) is 7.07. The minimum absolute atomic E-state index is 0.161. The lowest BCUT2D eigenvalue weighted by Gasteiger charge is -2.24. The van der Waals surface area contributed by atoms with E-state index in [4.69, 9.17) is 9.47 Å². The Balaban J connectivity index is 1.96. The monoisotopic (exact) mass is 294 g/mol. The van der Waals surface area contributed by atoms with E-state index >= 15 is 0 Å². The molecular formula is C16H26N2O3. The standard InChI is InChI=1S/C16H26N2O3/c1-11(2)14(15-17-9-10-18(15)4)21-16(19)12(3)20-13-7-5-6-8-13/h9-14H,5-8H2,1-4H3. The molecule has 118 valence electrons. The zero-order valence-electron chi connectivity index (χ0n) is 13.4. The van der Waals surface area contributed by atoms with Crippen LogP contribution in [-0.2, 0) is 21.3 Å². The molecule has 2 atom stereocenters. The predicted octanol–water partition coefficient (Wildman–Crippen LogP) is 3.01. The average Bonchev–Trinajstić information content (AvgIpc) is 3.07. The summed E-state index contributed by atoms with van der Waals surface area (Å²) in [6.45, 7) is 5.82. The quantitative estimate of drug-likeness (QED) is 0.757. The minimum atomic E-state index is -0.519. The second-order valence-electron chi connectivity index (χ2n) is 6.18. The molecule has 1 aromatic rings. The van der Waals surface area contributed by atoms with Crippen molar-refractivity contribution in [1.29, 1.82) is 0 Å². The maximum absolute atomic E-state index is 12.3. The molecule has 0 aromatic carbocycles. The van der Waals surface area contributed by atoms with Gasteiger partial charge in [-0.25, -0.2) is 9.78 Å². The molecule has 5 heteroatoms. The summed E-state index contributed by atoms with van der Waals surface area (Å²) in [5.74, 6) is 0.628. The summed E-state index contributed by atoms with van der Waals surface area (Å²) in [5, 5.41) is 0. The van der Waals surface area contributed by atoms with Crippen molar-refractivity contribution in [2.75, 3.05) is 0 Å². The summed E-state index contributed by atoms with van der Waals surface area (Å²) in [6, 6.07) is 0. The number of ether oxygens (including phenoxy) is 2. The van der Waals surface area contributed by atoms with E-state index in [1.165, 1.54) is 12.8 Å². The highest BCUT2D eigenvalue weighted by Crippen LogP contribution is 2.26. The van der Waals surface area contributed by atoms with Gasteiger partial charge in [0.1, 0.15) is 5.82 Å². The average molecular weight is 294 g/mol. The van der Waals surface area contributed by atoms with Crippen LogP contribution in [-0.4, -0.2) is 27.7 Å². The van der Waals surface area contributed by atoms with Gasteiger partial charge >= 0.3 is 5.97 Å². The third kappa shape index (κ3) is 4.06. The normalized spacial score (nSPS) is 18.9. The molecule has 0 bridgehead atoms. The Morgan fingerprint density at radius 2 is 2.00 bits per heavy atom. The molecule has 1 aliphatic rings. The number of carbonyl (C=O) groups is 1. The molecule has 1 fully saturated rings. The Morgan fingerprint density at radius 1 is 1.33 bits per heavy atom. The highest BCUT2D eigenvalue weighted by molar-refractivity contribution is 5.74. The molecule has 1 aromatic heterocycles. The first-order valence-corrected chi connectivity index (χ1v) is 7.82. The molecule has 0 saturated heterocycles. The fourth-order valence-electron chi connectivity index (χ4n) is 2.73. The van der Waals surface area contributed by atoms with Gasteiger partial charge < -0.3 is 14.0 Å². The van der Waals surface area contributed by atoms with Crippen molar-refractivity contribution in [3.8, 4) is 0 Å². The zero-order valence-corrected chi connectivity index (χ0v) is 13.4. The van der Waals surface area contributed by atoms with Crippen LogP contribution >= 0.6 is 0 Å². The predicted molar refractivity (Wildman–Crippen MR) is 79.7 cm³/mol. The van der Waals surface area contributed by atoms with Crippen molar-refractivity contribution in [3.05, 3.63) is 18.2 Å². The lowest BCUT2D eigenvalue weighted by atomic mass is 10.1. The van der Waals surface area contributed by atoms with Crippen LogP contribution in [0.5, 0.6) is 0 Å². The lowest BCUT2D eigenvalue weighted by molar-refractivity contribution is -0.168. The molecule has 2 rings (SSSR count). The number of nitrogens with zero attached hydrogens (tertiary/aromatic N) is 2. The van der Waals surface area contributed by atoms with Gasteiger partial charge in [0, 0.05) is 19.4 Å². The van der Waals surface area contributed by atoms with Gasteiger partial charge in [-0.3, -0.25) is 0 Å². The SMILES string of the molecule is CC(OC1CCCC1)C(=O)OC(c1nccn1C)C(C)C. The van der Waals surface area contributed by atoms with Crippen LogP contribution < -0.4 is 0 Å². The Hall–Kier alpha value is -1.36. The Kier molecular flexibility index (Phi) is 5.39. The van der Waals surface area contributed by atoms with Gasteiger partial charge in [0.2, 0.25) is 0 Å². The van der Waals surface area contributed by atoms with E-state index in [0.29, 0.717) is 0 Å². The van der Waals surface area contributed by atoms with Crippen molar-refractivity contribution in [3.63, 3.8) is 0 Å². The van der Waals surface area contributed by atoms with Crippen LogP contribution in [0.2, 0.25) is 0 Å². The topological polar surface area (TPSA) is 53.4 Å². The maximum Gasteiger partial charge on any atom is 0.335 e. The summed E-state index contributed by atoms with van der Waals surface area (Å²) < 4.78 is 13.4. The van der Waals surface area contributed by atoms with Crippen molar-refractivity contribution >= 4 is 5.97 Å². The first kappa shape index (κ1) is 16.0. The molecule has 21 heavy (non-hydrogen) atoms. The van der Waals surface area contributed by atoms with E-state index in [2.05, 4.69) is 4.98 Å². The molecule has 2 unspecified atom stereocenters. The molecule has 1 saturated carbocycles. The molecular weight excluding hydrogens is 268 g/mol. The highest BCUT2D eigenvalue weighted by atomic mass is 16.6. The fraction of sp³-hybridized carbons (Fsp3) is 0.750. The van der Waals surface area contributed by atoms with Crippen molar-refractivity contribution in [1.82, 2.24) is 9.55 Å². The Morgan fingerprint density at radius 3 is 2.52 bits per heavy atom. The van der Waals surface area contributed by atoms with Gasteiger partial charge in [0.25, 0.3) is 0 Å². The van der Waals surface area contributed by atoms with Gasteiger partial charge in [-0.1, -0.05) is 26.7 Å². The first-order chi connectivity index (χ1) is 9.99. The minimum Gasteiger partial charge on any atom is -0.452 e. The van der Waals surface area contributed by atoms with E-state index in [-0.39, 0.29) is 24.1 Å². The van der Waals surface area contributed by atoms with Crippen LogP contribution in [0.25, 0.3) is 0 Å². The van der Waals surface area contributed by atoms with E-state index in [1.807, 2.05) is 31.7 Å². The molecule has 0 aliphatic heterocycles. The summed E-state index contributed by atoms with van der Waals surface area (Å²) in [6.07, 6.45) is 7.39. The van der Waals surface area contributed by atoms with Crippen molar-refractivity contribution in [2.24, 2.45) is 13.0 Å². The van der Waals surface area contributed by atoms with Gasteiger partial charge in [-0.2, -0.15) is 0 Å². The van der Waals surface area contributed by atoms with Crippen LogP contribution in [0, 0.1) is 5.92 Å². The number of hydrogen-bond acceptors (Lipinski definition) is 4. The smallest absolute Gasteiger partial charge is 0.335 e. The van der Waals surface area contributed by atoms with Crippen LogP contribution in [0.1, 0.15) is 58.4 Å². The number of hydrogen-bond donors (Lipinski definition) is 0. The van der Waals surface area contributed by atoms with E-state index in [1.54, 1.807) is 13.1 Å². The number of esters is 1. The summed E-state index contributed by atoms with van der Waals surface area (Å²) in [4.78, 5) is 16.6. The van der Waals surface area contributed by atoms with E-state index in [0.717, 1.165) is 18.7 Å². The fourth-order valence-corrected chi connectivity index (χ4v) is 2.73. The van der Waals surface area contributed by atoms with Gasteiger partial charge in [-0.05, 0) is 25.7 Å².